The van der Waals surface area contributed by atoms with E-state index in [9.17, 15) is 4.79 Å². The van der Waals surface area contributed by atoms with Crippen LogP contribution in [-0.4, -0.2) is 11.9 Å². The van der Waals surface area contributed by atoms with E-state index >= 15 is 0 Å². The van der Waals surface area contributed by atoms with E-state index in [0.29, 0.717) is 18.4 Å². The van der Waals surface area contributed by atoms with Gasteiger partial charge in [0.25, 0.3) is 0 Å². The molecule has 0 aromatic heterocycles. The quantitative estimate of drug-likeness (QED) is 0.835. The van der Waals surface area contributed by atoms with Crippen molar-refractivity contribution in [3.8, 4) is 0 Å². The summed E-state index contributed by atoms with van der Waals surface area (Å²) < 4.78 is 0. The van der Waals surface area contributed by atoms with Gasteiger partial charge in [-0.05, 0) is 29.7 Å². The summed E-state index contributed by atoms with van der Waals surface area (Å²) in [6.45, 7) is 0. The highest BCUT2D eigenvalue weighted by atomic mass is 16.1. The molecule has 102 valence electrons. The van der Waals surface area contributed by atoms with E-state index in [1.54, 1.807) is 0 Å². The molecule has 0 saturated heterocycles. The molecule has 0 heterocycles. The Balaban J connectivity index is 1.52. The second-order valence-corrected chi connectivity index (χ2v) is 5.35. The van der Waals surface area contributed by atoms with Gasteiger partial charge in [0.2, 0.25) is 5.91 Å². The molecule has 0 bridgehead atoms. The third-order valence-corrected chi connectivity index (χ3v) is 3.71. The van der Waals surface area contributed by atoms with Gasteiger partial charge in [0.15, 0.2) is 0 Å². The van der Waals surface area contributed by atoms with E-state index < -0.39 is 0 Å². The van der Waals surface area contributed by atoms with Gasteiger partial charge in [0, 0.05) is 17.6 Å². The molecule has 20 heavy (non-hydrogen) atoms. The maximum atomic E-state index is 12.0. The van der Waals surface area contributed by atoms with Crippen molar-refractivity contribution in [3.05, 3.63) is 65.7 Å². The molecule has 1 saturated carbocycles. The van der Waals surface area contributed by atoms with Crippen molar-refractivity contribution in [3.63, 3.8) is 0 Å². The number of benzene rings is 2. The van der Waals surface area contributed by atoms with Crippen molar-refractivity contribution in [2.24, 2.45) is 0 Å². The van der Waals surface area contributed by atoms with E-state index in [1.165, 1.54) is 5.56 Å². The second kappa shape index (κ2) is 5.37. The number of carbonyl (C=O) groups excluding carboxylic acids is 1. The number of nitrogens with one attached hydrogen (secondary N) is 1. The fourth-order valence-corrected chi connectivity index (χ4v) is 2.50. The van der Waals surface area contributed by atoms with Gasteiger partial charge < -0.3 is 11.1 Å². The van der Waals surface area contributed by atoms with E-state index in [0.717, 1.165) is 17.7 Å². The first kappa shape index (κ1) is 12.7. The summed E-state index contributed by atoms with van der Waals surface area (Å²) in [6.07, 6.45) is 1.45. The van der Waals surface area contributed by atoms with Gasteiger partial charge in [0.1, 0.15) is 0 Å². The van der Waals surface area contributed by atoms with Crippen LogP contribution in [0.2, 0.25) is 0 Å². The van der Waals surface area contributed by atoms with Gasteiger partial charge >= 0.3 is 0 Å². The molecular formula is C17H18N2O. The Morgan fingerprint density at radius 1 is 1.10 bits per heavy atom. The molecule has 3 rings (SSSR count). The maximum Gasteiger partial charge on any atom is 0.224 e. The number of amides is 1. The standard InChI is InChI=1S/C17H18N2O/c18-14-8-6-12(7-9-14)10-17(20)19-16-11-15(16)13-4-2-1-3-5-13/h1-9,15-16H,10-11,18H2,(H,19,20). The first-order chi connectivity index (χ1) is 9.72. The zero-order chi connectivity index (χ0) is 13.9. The predicted molar refractivity (Wildman–Crippen MR) is 80.3 cm³/mol. The molecule has 2 unspecified atom stereocenters. The molecule has 2 aromatic rings. The van der Waals surface area contributed by atoms with Crippen LogP contribution in [0.25, 0.3) is 0 Å². The molecule has 0 radical (unpaired) electrons. The smallest absolute Gasteiger partial charge is 0.224 e. The van der Waals surface area contributed by atoms with Crippen LogP contribution < -0.4 is 11.1 Å². The molecule has 2 atom stereocenters. The van der Waals surface area contributed by atoms with E-state index in [-0.39, 0.29) is 5.91 Å². The van der Waals surface area contributed by atoms with Crippen LogP contribution in [0.1, 0.15) is 23.5 Å². The lowest BCUT2D eigenvalue weighted by Gasteiger charge is -2.05. The van der Waals surface area contributed by atoms with Crippen LogP contribution >= 0.6 is 0 Å². The summed E-state index contributed by atoms with van der Waals surface area (Å²) in [5, 5.41) is 3.10. The summed E-state index contributed by atoms with van der Waals surface area (Å²) in [7, 11) is 0. The van der Waals surface area contributed by atoms with Gasteiger partial charge in [-0.3, -0.25) is 4.79 Å². The highest BCUT2D eigenvalue weighted by Crippen LogP contribution is 2.40. The highest BCUT2D eigenvalue weighted by molar-refractivity contribution is 5.79. The Kier molecular flexibility index (Phi) is 3.42. The Bertz CT molecular complexity index is 592. The Labute approximate surface area is 118 Å². The number of nitrogens with two attached hydrogens (primary N) is 1. The molecule has 1 amide bonds. The Morgan fingerprint density at radius 3 is 2.50 bits per heavy atom. The SMILES string of the molecule is Nc1ccc(CC(=O)NC2CC2c2ccccc2)cc1. The van der Waals surface area contributed by atoms with Gasteiger partial charge in [-0.1, -0.05) is 42.5 Å². The van der Waals surface area contributed by atoms with Crippen LogP contribution in [0.15, 0.2) is 54.6 Å². The molecule has 1 fully saturated rings. The molecule has 3 heteroatoms. The van der Waals surface area contributed by atoms with E-state index in [2.05, 4.69) is 17.4 Å². The van der Waals surface area contributed by atoms with Gasteiger partial charge in [-0.2, -0.15) is 0 Å². The fraction of sp³-hybridized carbons (Fsp3) is 0.235. The van der Waals surface area contributed by atoms with Crippen molar-refractivity contribution < 1.29 is 4.79 Å². The number of rotatable bonds is 4. The first-order valence-corrected chi connectivity index (χ1v) is 6.91. The lowest BCUT2D eigenvalue weighted by Crippen LogP contribution is -2.28. The van der Waals surface area contributed by atoms with Crippen molar-refractivity contribution in [1.82, 2.24) is 5.32 Å². The van der Waals surface area contributed by atoms with Gasteiger partial charge in [0.05, 0.1) is 6.42 Å². The average Bonchev–Trinajstić information content (AvgIpc) is 3.21. The minimum atomic E-state index is 0.0817. The number of anilines is 1. The predicted octanol–water partition coefficient (Wildman–Crippen LogP) is 2.48. The van der Waals surface area contributed by atoms with Crippen LogP contribution in [0.3, 0.4) is 0 Å². The Morgan fingerprint density at radius 2 is 1.80 bits per heavy atom. The number of hydrogen-bond donors (Lipinski definition) is 2. The van der Waals surface area contributed by atoms with E-state index in [1.807, 2.05) is 42.5 Å². The van der Waals surface area contributed by atoms with Crippen molar-refractivity contribution >= 4 is 11.6 Å². The van der Waals surface area contributed by atoms with Crippen molar-refractivity contribution in [2.45, 2.75) is 24.8 Å². The average molecular weight is 266 g/mol. The molecule has 1 aliphatic rings. The summed E-state index contributed by atoms with van der Waals surface area (Å²) in [5.74, 6) is 0.560. The second-order valence-electron chi connectivity index (χ2n) is 5.35. The summed E-state index contributed by atoms with van der Waals surface area (Å²) >= 11 is 0. The lowest BCUT2D eigenvalue weighted by atomic mass is 10.1. The zero-order valence-electron chi connectivity index (χ0n) is 11.3. The summed E-state index contributed by atoms with van der Waals surface area (Å²) in [5.41, 5.74) is 8.66. The van der Waals surface area contributed by atoms with Crippen LogP contribution in [0.4, 0.5) is 5.69 Å². The largest absolute Gasteiger partial charge is 0.399 e. The maximum absolute atomic E-state index is 12.0. The normalized spacial score (nSPS) is 20.4. The molecule has 3 nitrogen and oxygen atoms in total. The first-order valence-electron chi connectivity index (χ1n) is 6.91. The van der Waals surface area contributed by atoms with Gasteiger partial charge in [-0.25, -0.2) is 0 Å². The molecule has 0 spiro atoms. The monoisotopic (exact) mass is 266 g/mol. The van der Waals surface area contributed by atoms with Crippen molar-refractivity contribution in [1.29, 1.82) is 0 Å². The van der Waals surface area contributed by atoms with Crippen LogP contribution in [-0.2, 0) is 11.2 Å². The fourth-order valence-electron chi connectivity index (χ4n) is 2.50. The van der Waals surface area contributed by atoms with Crippen LogP contribution in [0.5, 0.6) is 0 Å². The third-order valence-electron chi connectivity index (χ3n) is 3.71. The van der Waals surface area contributed by atoms with Crippen molar-refractivity contribution in [2.75, 3.05) is 5.73 Å². The molecule has 0 aliphatic heterocycles. The lowest BCUT2D eigenvalue weighted by molar-refractivity contribution is -0.120. The third kappa shape index (κ3) is 2.99. The molecule has 1 aliphatic carbocycles. The number of nitrogen functional groups attached to an aromatic ring is 1. The minimum Gasteiger partial charge on any atom is -0.399 e. The topological polar surface area (TPSA) is 55.1 Å². The zero-order valence-corrected chi connectivity index (χ0v) is 11.3. The number of carbonyl (C=O) groups is 1. The van der Waals surface area contributed by atoms with E-state index in [4.69, 9.17) is 5.73 Å². The number of hydrogen-bond acceptors (Lipinski definition) is 2. The minimum absolute atomic E-state index is 0.0817. The molecule has 3 N–H and O–H groups in total. The molecule has 2 aromatic carbocycles. The van der Waals surface area contributed by atoms with Crippen LogP contribution in [0, 0.1) is 0 Å². The Hall–Kier alpha value is -2.29. The highest BCUT2D eigenvalue weighted by Gasteiger charge is 2.39. The van der Waals surface area contributed by atoms with Gasteiger partial charge in [-0.15, -0.1) is 0 Å². The summed E-state index contributed by atoms with van der Waals surface area (Å²) in [6, 6.07) is 18.1. The molecular weight excluding hydrogens is 248 g/mol. The summed E-state index contributed by atoms with van der Waals surface area (Å²) in [4.78, 5) is 12.0.